The number of aliphatic hydroxyl groups is 1. The zero-order valence-electron chi connectivity index (χ0n) is 18.3. The number of hydrogen-bond donors (Lipinski definition) is 2. The van der Waals surface area contributed by atoms with Gasteiger partial charge in [-0.3, -0.25) is 0 Å². The molecule has 2 heterocycles. The van der Waals surface area contributed by atoms with Gasteiger partial charge in [-0.2, -0.15) is 0 Å². The lowest BCUT2D eigenvalue weighted by atomic mass is 9.69. The van der Waals surface area contributed by atoms with Gasteiger partial charge >= 0.3 is 0 Å². The topological polar surface area (TPSA) is 43.1 Å². The van der Waals surface area contributed by atoms with Gasteiger partial charge in [0, 0.05) is 5.92 Å². The molecule has 0 amide bonds. The summed E-state index contributed by atoms with van der Waals surface area (Å²) in [6.45, 7) is 10.2. The molecular formula is C25H38NO3+. The molecule has 0 spiro atoms. The van der Waals surface area contributed by atoms with Gasteiger partial charge in [0.05, 0.1) is 24.8 Å². The number of benzene rings is 1. The second-order valence-corrected chi connectivity index (χ2v) is 9.91. The van der Waals surface area contributed by atoms with E-state index in [1.54, 1.807) is 0 Å². The van der Waals surface area contributed by atoms with Crippen LogP contribution in [0.1, 0.15) is 64.5 Å². The van der Waals surface area contributed by atoms with E-state index in [1.807, 2.05) is 12.1 Å². The first-order valence-electron chi connectivity index (χ1n) is 11.5. The standard InChI is InChI=1S/C25H37NO3/c1-18-7-10-20-15-23(18)24(29-25(20,2)3)19-8-11-22(12-9-19)28-17-21(27)16-26-13-5-4-6-14-26/h7-9,11-12,20-21,23-24,27H,4-6,10,13-17H2,1-3H3/p+1/t20-,21+,23-,24+/m1/s1. The van der Waals surface area contributed by atoms with Crippen LogP contribution >= 0.6 is 0 Å². The molecule has 2 bridgehead atoms. The Morgan fingerprint density at radius 2 is 1.90 bits per heavy atom. The summed E-state index contributed by atoms with van der Waals surface area (Å²) in [7, 11) is 0. The van der Waals surface area contributed by atoms with Crippen molar-refractivity contribution in [3.8, 4) is 5.75 Å². The largest absolute Gasteiger partial charge is 0.491 e. The maximum absolute atomic E-state index is 10.3. The van der Waals surface area contributed by atoms with Crippen molar-refractivity contribution in [2.75, 3.05) is 26.2 Å². The molecular weight excluding hydrogens is 362 g/mol. The van der Waals surface area contributed by atoms with Crippen molar-refractivity contribution < 1.29 is 19.5 Å². The van der Waals surface area contributed by atoms with E-state index in [9.17, 15) is 5.11 Å². The highest BCUT2D eigenvalue weighted by Gasteiger charge is 2.45. The van der Waals surface area contributed by atoms with Crippen LogP contribution in [0, 0.1) is 11.8 Å². The van der Waals surface area contributed by atoms with Gasteiger partial charge in [-0.25, -0.2) is 0 Å². The van der Waals surface area contributed by atoms with E-state index in [2.05, 4.69) is 39.0 Å². The van der Waals surface area contributed by atoms with Crippen LogP contribution in [0.3, 0.4) is 0 Å². The molecule has 0 saturated carbocycles. The number of piperidine rings is 1. The Bertz CT molecular complexity index is 705. The third-order valence-corrected chi connectivity index (χ3v) is 7.36. The van der Waals surface area contributed by atoms with Crippen molar-refractivity contribution >= 4 is 0 Å². The summed E-state index contributed by atoms with van der Waals surface area (Å²) in [4.78, 5) is 1.51. The van der Waals surface area contributed by atoms with Gasteiger partial charge in [0.25, 0.3) is 0 Å². The normalized spacial score (nSPS) is 30.5. The molecule has 2 fully saturated rings. The number of ether oxygens (including phenoxy) is 2. The molecule has 1 aromatic rings. The van der Waals surface area contributed by atoms with Gasteiger partial charge in [-0.15, -0.1) is 0 Å². The Morgan fingerprint density at radius 1 is 1.17 bits per heavy atom. The van der Waals surface area contributed by atoms with Gasteiger partial charge in [-0.05, 0) is 76.5 Å². The maximum Gasteiger partial charge on any atom is 0.137 e. The highest BCUT2D eigenvalue weighted by molar-refractivity contribution is 5.31. The summed E-state index contributed by atoms with van der Waals surface area (Å²) in [6.07, 6.45) is 8.36. The predicted octanol–water partition coefficient (Wildman–Crippen LogP) is 3.32. The molecule has 1 aromatic carbocycles. The van der Waals surface area contributed by atoms with Crippen LogP contribution in [-0.4, -0.2) is 43.1 Å². The van der Waals surface area contributed by atoms with Crippen molar-refractivity contribution in [1.82, 2.24) is 0 Å². The number of fused-ring (bicyclic) bond motifs is 2. The van der Waals surface area contributed by atoms with Crippen LogP contribution < -0.4 is 9.64 Å². The number of hydrogen-bond acceptors (Lipinski definition) is 3. The molecule has 3 aliphatic rings. The third kappa shape index (κ3) is 4.87. The monoisotopic (exact) mass is 400 g/mol. The molecule has 0 aromatic heterocycles. The van der Waals surface area contributed by atoms with Crippen molar-refractivity contribution in [3.63, 3.8) is 0 Å². The quantitative estimate of drug-likeness (QED) is 0.720. The van der Waals surface area contributed by atoms with E-state index in [0.717, 1.165) is 18.7 Å². The van der Waals surface area contributed by atoms with E-state index < -0.39 is 6.10 Å². The van der Waals surface area contributed by atoms with Crippen molar-refractivity contribution in [3.05, 3.63) is 41.5 Å². The minimum Gasteiger partial charge on any atom is -0.491 e. The third-order valence-electron chi connectivity index (χ3n) is 7.36. The van der Waals surface area contributed by atoms with Gasteiger partial charge in [0.15, 0.2) is 0 Å². The number of aliphatic hydroxyl groups excluding tert-OH is 1. The highest BCUT2D eigenvalue weighted by Crippen LogP contribution is 2.50. The lowest BCUT2D eigenvalue weighted by molar-refractivity contribution is -0.908. The van der Waals surface area contributed by atoms with Gasteiger partial charge in [0.1, 0.15) is 25.0 Å². The zero-order valence-corrected chi connectivity index (χ0v) is 18.3. The van der Waals surface area contributed by atoms with E-state index in [4.69, 9.17) is 9.47 Å². The second kappa shape index (κ2) is 8.79. The smallest absolute Gasteiger partial charge is 0.137 e. The van der Waals surface area contributed by atoms with Crippen LogP contribution in [0.5, 0.6) is 5.75 Å². The molecule has 29 heavy (non-hydrogen) atoms. The Balaban J connectivity index is 1.35. The Labute approximate surface area is 175 Å². The van der Waals surface area contributed by atoms with E-state index in [1.165, 1.54) is 54.8 Å². The van der Waals surface area contributed by atoms with Crippen molar-refractivity contribution in [2.24, 2.45) is 11.8 Å². The fourth-order valence-electron chi connectivity index (χ4n) is 5.40. The molecule has 160 valence electrons. The van der Waals surface area contributed by atoms with E-state index in [0.29, 0.717) is 18.4 Å². The Hall–Kier alpha value is -1.36. The summed E-state index contributed by atoms with van der Waals surface area (Å²) < 4.78 is 12.5. The minimum atomic E-state index is -0.405. The Morgan fingerprint density at radius 3 is 2.62 bits per heavy atom. The average Bonchev–Trinajstić information content (AvgIpc) is 2.72. The van der Waals surface area contributed by atoms with Crippen LogP contribution in [0.2, 0.25) is 0 Å². The summed E-state index contributed by atoms with van der Waals surface area (Å²) in [5.41, 5.74) is 2.60. The summed E-state index contributed by atoms with van der Waals surface area (Å²) in [6, 6.07) is 8.33. The number of likely N-dealkylation sites (tertiary alicyclic amines) is 1. The second-order valence-electron chi connectivity index (χ2n) is 9.91. The summed E-state index contributed by atoms with van der Waals surface area (Å²) in [5, 5.41) is 10.3. The van der Waals surface area contributed by atoms with Crippen LogP contribution in [-0.2, 0) is 4.74 Å². The molecule has 4 atom stereocenters. The Kier molecular flexibility index (Phi) is 6.33. The predicted molar refractivity (Wildman–Crippen MR) is 115 cm³/mol. The van der Waals surface area contributed by atoms with E-state index in [-0.39, 0.29) is 11.7 Å². The van der Waals surface area contributed by atoms with Crippen molar-refractivity contribution in [2.45, 2.75) is 70.7 Å². The highest BCUT2D eigenvalue weighted by atomic mass is 16.5. The first-order valence-corrected chi connectivity index (χ1v) is 11.5. The number of quaternary nitrogens is 1. The molecule has 4 rings (SSSR count). The number of nitrogens with one attached hydrogen (secondary N) is 1. The number of rotatable bonds is 6. The summed E-state index contributed by atoms with van der Waals surface area (Å²) in [5.74, 6) is 1.91. The fraction of sp³-hybridized carbons (Fsp3) is 0.680. The summed E-state index contributed by atoms with van der Waals surface area (Å²) >= 11 is 0. The van der Waals surface area contributed by atoms with Gasteiger partial charge < -0.3 is 19.5 Å². The molecule has 4 nitrogen and oxygen atoms in total. The lowest BCUT2D eigenvalue weighted by Gasteiger charge is -2.49. The molecule has 0 radical (unpaired) electrons. The first kappa shape index (κ1) is 20.9. The van der Waals surface area contributed by atoms with Crippen LogP contribution in [0.15, 0.2) is 35.9 Å². The van der Waals surface area contributed by atoms with Gasteiger partial charge in [0.2, 0.25) is 0 Å². The van der Waals surface area contributed by atoms with E-state index >= 15 is 0 Å². The average molecular weight is 401 g/mol. The molecule has 0 unspecified atom stereocenters. The minimum absolute atomic E-state index is 0.0889. The maximum atomic E-state index is 10.3. The zero-order chi connectivity index (χ0) is 20.4. The fourth-order valence-corrected chi connectivity index (χ4v) is 5.40. The van der Waals surface area contributed by atoms with Crippen LogP contribution in [0.4, 0.5) is 0 Å². The number of allylic oxidation sites excluding steroid dienone is 1. The molecule has 1 aliphatic carbocycles. The molecule has 2 saturated heterocycles. The van der Waals surface area contributed by atoms with Crippen LogP contribution in [0.25, 0.3) is 0 Å². The van der Waals surface area contributed by atoms with Gasteiger partial charge in [-0.1, -0.05) is 23.8 Å². The molecule has 2 aliphatic heterocycles. The molecule has 2 N–H and O–H groups in total. The SMILES string of the molecule is CC1=CC[C@@H]2C[C@H]1[C@H](c1ccc(OC[C@@H](O)C[NH+]3CCCCC3)cc1)OC2(C)C. The lowest BCUT2D eigenvalue weighted by Crippen LogP contribution is -3.14. The molecule has 4 heteroatoms. The van der Waals surface area contributed by atoms with Crippen molar-refractivity contribution in [1.29, 1.82) is 0 Å². The first-order chi connectivity index (χ1) is 13.9.